The molecule has 7 nitrogen and oxygen atoms in total. The average Bonchev–Trinajstić information content (AvgIpc) is 3.11. The number of rotatable bonds is 7. The Labute approximate surface area is 289 Å². The lowest BCUT2D eigenvalue weighted by Gasteiger charge is -2.07. The third-order valence-corrected chi connectivity index (χ3v) is 7.95. The topological polar surface area (TPSA) is 95.7 Å². The number of carbonyl (C=O) groups excluding carboxylic acids is 2. The van der Waals surface area contributed by atoms with E-state index in [1.807, 2.05) is 74.5 Å². The number of aryl methyl sites for hydroxylation is 4. The Morgan fingerprint density at radius 2 is 0.880 bits per heavy atom. The Hall–Kier alpha value is -6.41. The van der Waals surface area contributed by atoms with E-state index < -0.39 is 22.7 Å². The van der Waals surface area contributed by atoms with Crippen LogP contribution in [0.1, 0.15) is 43.0 Å². The molecule has 50 heavy (non-hydrogen) atoms. The van der Waals surface area contributed by atoms with E-state index in [1.165, 1.54) is 35.4 Å². The van der Waals surface area contributed by atoms with Crippen LogP contribution in [0.15, 0.2) is 133 Å². The maximum absolute atomic E-state index is 13.5. The second-order valence-corrected chi connectivity index (χ2v) is 11.8. The number of esters is 2. The van der Waals surface area contributed by atoms with Crippen molar-refractivity contribution >= 4 is 17.6 Å². The van der Waals surface area contributed by atoms with Crippen molar-refractivity contribution in [3.05, 3.63) is 183 Å². The minimum atomic E-state index is -0.629. The summed E-state index contributed by atoms with van der Waals surface area (Å²) in [6.07, 6.45) is 0. The molecule has 0 unspecified atom stereocenters. The van der Waals surface area contributed by atoms with E-state index >= 15 is 0 Å². The van der Waals surface area contributed by atoms with Gasteiger partial charge in [0.2, 0.25) is 0 Å². The summed E-state index contributed by atoms with van der Waals surface area (Å²) >= 11 is 0. The van der Waals surface area contributed by atoms with Gasteiger partial charge in [-0.3, -0.25) is 10.1 Å². The van der Waals surface area contributed by atoms with Crippen LogP contribution in [0.4, 0.5) is 10.1 Å². The number of nitro groups is 1. The van der Waals surface area contributed by atoms with Gasteiger partial charge in [-0.1, -0.05) is 96.1 Å². The third-order valence-electron chi connectivity index (χ3n) is 7.95. The zero-order valence-corrected chi connectivity index (χ0v) is 28.0. The van der Waals surface area contributed by atoms with Gasteiger partial charge >= 0.3 is 11.9 Å². The fourth-order valence-corrected chi connectivity index (χ4v) is 4.91. The first kappa shape index (κ1) is 34.9. The van der Waals surface area contributed by atoms with Gasteiger partial charge in [-0.05, 0) is 98.0 Å². The molecule has 0 fully saturated rings. The molecule has 0 bridgehead atoms. The normalized spacial score (nSPS) is 10.4. The third kappa shape index (κ3) is 8.93. The van der Waals surface area contributed by atoms with Crippen LogP contribution in [0.2, 0.25) is 0 Å². The average molecular weight is 668 g/mol. The number of ether oxygens (including phenoxy) is 2. The summed E-state index contributed by atoms with van der Waals surface area (Å²) in [5.74, 6) is -0.807. The van der Waals surface area contributed by atoms with E-state index in [9.17, 15) is 24.1 Å². The quantitative estimate of drug-likeness (QED) is 0.0728. The second-order valence-electron chi connectivity index (χ2n) is 11.8. The van der Waals surface area contributed by atoms with Crippen molar-refractivity contribution in [2.75, 3.05) is 0 Å². The first-order valence-corrected chi connectivity index (χ1v) is 15.8. The first-order chi connectivity index (χ1) is 24.0. The van der Waals surface area contributed by atoms with E-state index in [-0.39, 0.29) is 16.8 Å². The minimum absolute atomic E-state index is 0.103. The number of nitro benzene ring substituents is 1. The zero-order valence-electron chi connectivity index (χ0n) is 28.0. The van der Waals surface area contributed by atoms with Gasteiger partial charge in [0, 0.05) is 11.6 Å². The summed E-state index contributed by atoms with van der Waals surface area (Å²) in [6.45, 7) is 7.34. The maximum Gasteiger partial charge on any atom is 0.343 e. The summed E-state index contributed by atoms with van der Waals surface area (Å²) in [5.41, 5.74) is 7.83. The largest absolute Gasteiger partial charge is 0.423 e. The summed E-state index contributed by atoms with van der Waals surface area (Å²) in [6, 6.07) is 39.3. The number of carbonyl (C=O) groups is 2. The van der Waals surface area contributed by atoms with Crippen LogP contribution in [0.25, 0.3) is 22.3 Å². The molecule has 0 aromatic heterocycles. The Morgan fingerprint density at radius 3 is 1.26 bits per heavy atom. The van der Waals surface area contributed by atoms with Crippen molar-refractivity contribution in [1.82, 2.24) is 0 Å². The van der Waals surface area contributed by atoms with E-state index in [0.717, 1.165) is 22.3 Å². The van der Waals surface area contributed by atoms with E-state index in [0.29, 0.717) is 22.6 Å². The van der Waals surface area contributed by atoms with Gasteiger partial charge in [-0.15, -0.1) is 0 Å². The molecule has 0 aliphatic carbocycles. The van der Waals surface area contributed by atoms with Gasteiger partial charge in [0.1, 0.15) is 17.3 Å². The number of nitrogens with zero attached hydrogens (tertiary/aromatic N) is 1. The van der Waals surface area contributed by atoms with Crippen LogP contribution < -0.4 is 9.47 Å². The minimum Gasteiger partial charge on any atom is -0.423 e. The lowest BCUT2D eigenvalue weighted by Crippen LogP contribution is -2.09. The molecule has 0 amide bonds. The van der Waals surface area contributed by atoms with E-state index in [1.54, 1.807) is 50.2 Å². The smallest absolute Gasteiger partial charge is 0.343 e. The zero-order chi connectivity index (χ0) is 35.8. The first-order valence-electron chi connectivity index (χ1n) is 15.8. The molecule has 0 aliphatic rings. The molecule has 6 rings (SSSR count). The molecule has 0 radical (unpaired) electrons. The molecular weight excluding hydrogens is 633 g/mol. The molecule has 6 aromatic rings. The molecule has 0 atom stereocenters. The summed E-state index contributed by atoms with van der Waals surface area (Å²) < 4.78 is 24.2. The van der Waals surface area contributed by atoms with Gasteiger partial charge < -0.3 is 9.47 Å². The Kier molecular flexibility index (Phi) is 10.9. The molecule has 6 aromatic carbocycles. The van der Waals surface area contributed by atoms with Crippen LogP contribution >= 0.6 is 0 Å². The van der Waals surface area contributed by atoms with Gasteiger partial charge in [0.15, 0.2) is 0 Å². The van der Waals surface area contributed by atoms with Crippen molar-refractivity contribution < 1.29 is 28.4 Å². The van der Waals surface area contributed by atoms with E-state index in [2.05, 4.69) is 12.1 Å². The van der Waals surface area contributed by atoms with Crippen LogP contribution in [0.3, 0.4) is 0 Å². The predicted octanol–water partition coefficient (Wildman–Crippen LogP) is 10.4. The second kappa shape index (κ2) is 15.7. The van der Waals surface area contributed by atoms with Gasteiger partial charge in [0.05, 0.1) is 16.1 Å². The Balaban J connectivity index is 0.000000195. The van der Waals surface area contributed by atoms with Crippen LogP contribution in [-0.4, -0.2) is 16.9 Å². The highest BCUT2D eigenvalue weighted by Gasteiger charge is 2.17. The lowest BCUT2D eigenvalue weighted by atomic mass is 10.0. The van der Waals surface area contributed by atoms with Gasteiger partial charge in [-0.25, -0.2) is 14.0 Å². The van der Waals surface area contributed by atoms with Crippen molar-refractivity contribution in [2.24, 2.45) is 0 Å². The number of halogens is 1. The Morgan fingerprint density at radius 1 is 0.520 bits per heavy atom. The fraction of sp³-hybridized carbons (Fsp3) is 0.0952. The summed E-state index contributed by atoms with van der Waals surface area (Å²) in [7, 11) is 0. The highest BCUT2D eigenvalue weighted by Crippen LogP contribution is 2.26. The molecule has 8 heteroatoms. The van der Waals surface area contributed by atoms with Crippen LogP contribution in [-0.2, 0) is 0 Å². The molecule has 0 heterocycles. The standard InChI is InChI=1S/C21H17FO2.C21H17NO4/c1-14-3-6-16(7-4-14)17-9-11-19(12-10-17)24-21(23)18-8-5-15(2)20(22)13-18;1-14-3-6-16(7-4-14)17-9-11-19(12-10-17)26-21(23)18-8-5-15(2)20(13-18)22(24)25/h3-13H,1-2H3;3-13H,1-2H3. The molecule has 250 valence electrons. The molecular formula is C42H34FNO6. The number of hydrogen-bond donors (Lipinski definition) is 0. The highest BCUT2D eigenvalue weighted by molar-refractivity contribution is 5.92. The SMILES string of the molecule is Cc1ccc(-c2ccc(OC(=O)c3ccc(C)c(F)c3)cc2)cc1.Cc1ccc(-c2ccc(OC(=O)c3ccc(C)c([N+](=O)[O-])c3)cc2)cc1. The van der Waals surface area contributed by atoms with Gasteiger partial charge in [0.25, 0.3) is 5.69 Å². The van der Waals surface area contributed by atoms with Crippen molar-refractivity contribution in [2.45, 2.75) is 27.7 Å². The number of hydrogen-bond acceptors (Lipinski definition) is 6. The van der Waals surface area contributed by atoms with E-state index in [4.69, 9.17) is 9.47 Å². The molecule has 0 aliphatic heterocycles. The lowest BCUT2D eigenvalue weighted by molar-refractivity contribution is -0.385. The predicted molar refractivity (Wildman–Crippen MR) is 192 cm³/mol. The number of benzene rings is 6. The van der Waals surface area contributed by atoms with Gasteiger partial charge in [-0.2, -0.15) is 0 Å². The Bertz CT molecular complexity index is 2140. The van der Waals surface area contributed by atoms with Crippen molar-refractivity contribution in [3.63, 3.8) is 0 Å². The fourth-order valence-electron chi connectivity index (χ4n) is 4.91. The maximum atomic E-state index is 13.5. The monoisotopic (exact) mass is 667 g/mol. The highest BCUT2D eigenvalue weighted by atomic mass is 19.1. The van der Waals surface area contributed by atoms with Crippen molar-refractivity contribution in [1.29, 1.82) is 0 Å². The molecule has 0 N–H and O–H groups in total. The summed E-state index contributed by atoms with van der Waals surface area (Å²) in [4.78, 5) is 34.8. The molecule has 0 spiro atoms. The molecule has 0 saturated heterocycles. The van der Waals surface area contributed by atoms with Crippen LogP contribution in [0.5, 0.6) is 11.5 Å². The summed E-state index contributed by atoms with van der Waals surface area (Å²) in [5, 5.41) is 11.0. The van der Waals surface area contributed by atoms with Crippen molar-refractivity contribution in [3.8, 4) is 33.8 Å². The van der Waals surface area contributed by atoms with Crippen LogP contribution in [0, 0.1) is 43.6 Å². The molecule has 0 saturated carbocycles.